The molecule has 0 N–H and O–H groups in total. The molecule has 10 nitrogen and oxygen atoms in total. The first-order chi connectivity index (χ1) is 19.6. The van der Waals surface area contributed by atoms with Crippen molar-refractivity contribution in [2.45, 2.75) is 64.0 Å². The summed E-state index contributed by atoms with van der Waals surface area (Å²) in [7, 11) is -0.455. The topological polar surface area (TPSA) is 105 Å². The largest absolute Gasteiger partial charge is 0.542 e. The van der Waals surface area contributed by atoms with Gasteiger partial charge >= 0.3 is 0 Å². The Hall–Kier alpha value is -4.01. The van der Waals surface area contributed by atoms with Crippen LogP contribution >= 0.6 is 0 Å². The molecule has 3 aliphatic heterocycles. The summed E-state index contributed by atoms with van der Waals surface area (Å²) < 4.78 is 13.5. The molecule has 3 aliphatic rings. The molecule has 4 aromatic heterocycles. The quantitative estimate of drug-likeness (QED) is 0.288. The van der Waals surface area contributed by atoms with Gasteiger partial charge in [0.1, 0.15) is 17.6 Å². The van der Waals surface area contributed by atoms with E-state index >= 15 is 0 Å². The number of piperazine rings is 1. The monoisotopic (exact) mass is 568 g/mol. The van der Waals surface area contributed by atoms with Gasteiger partial charge in [0.2, 0.25) is 5.88 Å². The van der Waals surface area contributed by atoms with Crippen molar-refractivity contribution in [1.29, 1.82) is 5.26 Å². The van der Waals surface area contributed by atoms with Gasteiger partial charge in [-0.15, -0.1) is 0 Å². The van der Waals surface area contributed by atoms with Gasteiger partial charge in [-0.25, -0.2) is 14.5 Å². The maximum Gasteiger partial charge on any atom is 0.250 e. The Labute approximate surface area is 241 Å². The van der Waals surface area contributed by atoms with Crippen LogP contribution in [-0.4, -0.2) is 70.1 Å². The van der Waals surface area contributed by atoms with Gasteiger partial charge < -0.3 is 14.1 Å². The Bertz CT molecular complexity index is 1590. The minimum Gasteiger partial charge on any atom is -0.542 e. The van der Waals surface area contributed by atoms with Crippen LogP contribution in [0.1, 0.15) is 38.3 Å². The van der Waals surface area contributed by atoms with Crippen LogP contribution < -0.4 is 14.1 Å². The highest BCUT2D eigenvalue weighted by Gasteiger charge is 2.45. The third-order valence-electron chi connectivity index (χ3n) is 8.84. The van der Waals surface area contributed by atoms with Crippen molar-refractivity contribution in [2.24, 2.45) is 0 Å². The number of ether oxygens (including phenoxy) is 1. The number of anilines is 1. The lowest BCUT2D eigenvalue weighted by molar-refractivity contribution is -0.00879. The van der Waals surface area contributed by atoms with Gasteiger partial charge in [0.05, 0.1) is 48.7 Å². The molecule has 0 radical (unpaired) electrons. The van der Waals surface area contributed by atoms with Crippen LogP contribution in [0.4, 0.5) is 5.82 Å². The van der Waals surface area contributed by atoms with Crippen LogP contribution in [-0.2, 0) is 6.54 Å². The van der Waals surface area contributed by atoms with E-state index in [9.17, 15) is 5.26 Å². The summed E-state index contributed by atoms with van der Waals surface area (Å²) in [5.74, 6) is 2.23. The van der Waals surface area contributed by atoms with Gasteiger partial charge in [-0.1, -0.05) is 26.8 Å². The van der Waals surface area contributed by atoms with Crippen molar-refractivity contribution in [3.8, 4) is 29.0 Å². The lowest BCUT2D eigenvalue weighted by Crippen LogP contribution is -2.68. The lowest BCUT2D eigenvalue weighted by Gasteiger charge is -2.56. The molecule has 3 saturated heterocycles. The minimum absolute atomic E-state index is 0.0434. The van der Waals surface area contributed by atoms with E-state index in [0.29, 0.717) is 34.7 Å². The summed E-state index contributed by atoms with van der Waals surface area (Å²) in [5, 5.41) is 14.2. The second-order valence-electron chi connectivity index (χ2n) is 12.5. The summed E-state index contributed by atoms with van der Waals surface area (Å²) in [5.41, 5.74) is 3.87. The Morgan fingerprint density at radius 2 is 1.83 bits per heavy atom. The molecule has 41 heavy (non-hydrogen) atoms. The molecule has 7 heterocycles. The molecule has 2 unspecified atom stereocenters. The van der Waals surface area contributed by atoms with Crippen LogP contribution in [0.25, 0.3) is 16.8 Å². The van der Waals surface area contributed by atoms with E-state index in [2.05, 4.69) is 65.9 Å². The van der Waals surface area contributed by atoms with E-state index in [1.54, 1.807) is 24.0 Å². The smallest absolute Gasteiger partial charge is 0.250 e. The van der Waals surface area contributed by atoms with Crippen molar-refractivity contribution in [3.63, 3.8) is 0 Å². The fourth-order valence-electron chi connectivity index (χ4n) is 5.47. The number of hydrogen-bond donors (Lipinski definition) is 0. The molecule has 2 bridgehead atoms. The molecule has 0 amide bonds. The first-order valence-corrected chi connectivity index (χ1v) is 16.9. The first-order valence-electron chi connectivity index (χ1n) is 14.0. The van der Waals surface area contributed by atoms with Gasteiger partial charge in [0.25, 0.3) is 8.32 Å². The van der Waals surface area contributed by atoms with Gasteiger partial charge in [-0.3, -0.25) is 9.88 Å². The van der Waals surface area contributed by atoms with Crippen molar-refractivity contribution >= 4 is 19.7 Å². The Balaban J connectivity index is 1.22. The zero-order valence-corrected chi connectivity index (χ0v) is 25.5. The number of piperidine rings is 1. The van der Waals surface area contributed by atoms with Crippen LogP contribution in [0.15, 0.2) is 49.2 Å². The number of rotatable bonds is 7. The molecule has 3 fully saturated rings. The maximum absolute atomic E-state index is 9.76. The Morgan fingerprint density at radius 3 is 2.44 bits per heavy atom. The summed E-state index contributed by atoms with van der Waals surface area (Å²) >= 11 is 0. The normalized spacial score (nSPS) is 19.1. The van der Waals surface area contributed by atoms with Crippen LogP contribution in [0.2, 0.25) is 18.1 Å². The predicted molar refractivity (Wildman–Crippen MR) is 159 cm³/mol. The fraction of sp³-hybridized carbons (Fsp3) is 0.433. The summed E-state index contributed by atoms with van der Waals surface area (Å²) in [4.78, 5) is 18.9. The SMILES string of the molecule is COc1ccc(CN2C3CC2CN(c2cnc(-c4cc(O[Si](C)(C)C(C)(C)C)cn5ncc(C#N)c45)cn2)C3)cn1. The zero-order chi connectivity index (χ0) is 28.9. The molecule has 7 rings (SSSR count). The van der Waals surface area contributed by atoms with E-state index in [1.165, 1.54) is 12.0 Å². The molecule has 4 aromatic rings. The average Bonchev–Trinajstić information content (AvgIpc) is 3.38. The van der Waals surface area contributed by atoms with Crippen molar-refractivity contribution in [1.82, 2.24) is 29.5 Å². The number of nitrogens with zero attached hydrogens (tertiary/aromatic N) is 8. The minimum atomic E-state index is -2.09. The summed E-state index contributed by atoms with van der Waals surface area (Å²) in [6.07, 6.45) is 10.2. The van der Waals surface area contributed by atoms with Gasteiger partial charge in [0, 0.05) is 49.5 Å². The van der Waals surface area contributed by atoms with Crippen molar-refractivity contribution < 1.29 is 9.16 Å². The number of fused-ring (bicyclic) bond motifs is 3. The number of pyridine rings is 2. The summed E-state index contributed by atoms with van der Waals surface area (Å²) in [6.45, 7) is 13.8. The standard InChI is InChI=1S/C30H36N8O2Si/c1-30(2,3)41(5,6)40-24-10-25(29-21(11-31)13-35-38(29)19-24)26-14-33-27(15-32-26)36-17-22-9-23(18-36)37(22)16-20-7-8-28(39-4)34-12-20/h7-8,10,12-15,19,22-23H,9,16-18H2,1-6H3. The lowest BCUT2D eigenvalue weighted by atomic mass is 9.87. The molecule has 0 aliphatic carbocycles. The van der Waals surface area contributed by atoms with Crippen molar-refractivity contribution in [2.75, 3.05) is 25.1 Å². The molecular weight excluding hydrogens is 532 g/mol. The Kier molecular flexibility index (Phi) is 6.70. The first kappa shape index (κ1) is 27.2. The van der Waals surface area contributed by atoms with Crippen LogP contribution in [0, 0.1) is 11.3 Å². The van der Waals surface area contributed by atoms with E-state index in [0.717, 1.165) is 36.8 Å². The molecular formula is C30H36N8O2Si. The van der Waals surface area contributed by atoms with Crippen LogP contribution in [0.3, 0.4) is 0 Å². The Morgan fingerprint density at radius 1 is 1.05 bits per heavy atom. The van der Waals surface area contributed by atoms with Gasteiger partial charge in [-0.2, -0.15) is 10.4 Å². The van der Waals surface area contributed by atoms with E-state index in [-0.39, 0.29) is 5.04 Å². The highest BCUT2D eigenvalue weighted by atomic mass is 28.4. The zero-order valence-electron chi connectivity index (χ0n) is 24.5. The second kappa shape index (κ2) is 10.1. The number of aromatic nitrogens is 5. The van der Waals surface area contributed by atoms with Gasteiger partial charge in [0.15, 0.2) is 0 Å². The summed E-state index contributed by atoms with van der Waals surface area (Å²) in [6, 6.07) is 9.20. The number of hydrogen-bond acceptors (Lipinski definition) is 9. The predicted octanol–water partition coefficient (Wildman–Crippen LogP) is 4.91. The molecule has 0 spiro atoms. The van der Waals surface area contributed by atoms with Gasteiger partial charge in [-0.05, 0) is 36.2 Å². The average molecular weight is 569 g/mol. The third-order valence-corrected chi connectivity index (χ3v) is 13.2. The second-order valence-corrected chi connectivity index (χ2v) is 17.2. The van der Waals surface area contributed by atoms with Crippen LogP contribution in [0.5, 0.6) is 11.6 Å². The fourth-order valence-corrected chi connectivity index (χ4v) is 6.48. The molecule has 0 aromatic carbocycles. The molecule has 11 heteroatoms. The highest BCUT2D eigenvalue weighted by Crippen LogP contribution is 2.39. The highest BCUT2D eigenvalue weighted by molar-refractivity contribution is 6.74. The maximum atomic E-state index is 9.76. The van der Waals surface area contributed by atoms with E-state index < -0.39 is 8.32 Å². The van der Waals surface area contributed by atoms with Crippen molar-refractivity contribution in [3.05, 3.63) is 60.3 Å². The number of methoxy groups -OCH3 is 1. The molecule has 212 valence electrons. The van der Waals surface area contributed by atoms with E-state index in [1.807, 2.05) is 30.7 Å². The third kappa shape index (κ3) is 5.02. The molecule has 0 saturated carbocycles. The number of nitriles is 1. The molecule has 2 atom stereocenters. The van der Waals surface area contributed by atoms with E-state index in [4.69, 9.17) is 19.1 Å².